The van der Waals surface area contributed by atoms with Crippen LogP contribution in [0.2, 0.25) is 0 Å². The van der Waals surface area contributed by atoms with Crippen LogP contribution in [-0.2, 0) is 4.79 Å². The predicted molar refractivity (Wildman–Crippen MR) is 34.6 cm³/mol. The lowest BCUT2D eigenvalue weighted by Crippen LogP contribution is -2.45. The minimum Gasteiger partial charge on any atom is -0.544 e. The third kappa shape index (κ3) is 15.8. The van der Waals surface area contributed by atoms with E-state index < -0.39 is 5.97 Å². The van der Waals surface area contributed by atoms with Crippen molar-refractivity contribution < 1.29 is 14.4 Å². The SMILES string of the molecule is C#N.C[N+](C)(C)CC(=O)[O-]. The summed E-state index contributed by atoms with van der Waals surface area (Å²) in [6.07, 6.45) is 0. The van der Waals surface area contributed by atoms with Crippen LogP contribution in [0.3, 0.4) is 0 Å². The van der Waals surface area contributed by atoms with Gasteiger partial charge in [-0.2, -0.15) is 0 Å². The van der Waals surface area contributed by atoms with E-state index in [-0.39, 0.29) is 6.54 Å². The van der Waals surface area contributed by atoms with E-state index in [4.69, 9.17) is 5.26 Å². The number of nitriles is 1. The molecule has 0 saturated carbocycles. The van der Waals surface area contributed by atoms with Crippen molar-refractivity contribution in [2.75, 3.05) is 27.7 Å². The van der Waals surface area contributed by atoms with Crippen molar-refractivity contribution in [3.63, 3.8) is 0 Å². The molecule has 0 spiro atoms. The first kappa shape index (κ1) is 11.7. The van der Waals surface area contributed by atoms with Gasteiger partial charge in [-0.05, 0) is 0 Å². The molecule has 0 atom stereocenters. The molecule has 0 fully saturated rings. The van der Waals surface area contributed by atoms with E-state index in [0.29, 0.717) is 4.48 Å². The van der Waals surface area contributed by atoms with E-state index in [1.165, 1.54) is 0 Å². The second kappa shape index (κ2) is 4.77. The van der Waals surface area contributed by atoms with E-state index in [1.807, 2.05) is 0 Å². The highest BCUT2D eigenvalue weighted by molar-refractivity contribution is 5.65. The summed E-state index contributed by atoms with van der Waals surface area (Å²) in [5, 5.41) is 16.4. The number of hydrogen-bond acceptors (Lipinski definition) is 3. The van der Waals surface area contributed by atoms with Gasteiger partial charge in [0.2, 0.25) is 0 Å². The van der Waals surface area contributed by atoms with E-state index >= 15 is 0 Å². The molecule has 0 aromatic heterocycles. The van der Waals surface area contributed by atoms with Crippen molar-refractivity contribution in [1.29, 1.82) is 5.26 Å². The van der Waals surface area contributed by atoms with Gasteiger partial charge in [-0.1, -0.05) is 0 Å². The Morgan fingerprint density at radius 1 is 1.50 bits per heavy atom. The molecule has 0 unspecified atom stereocenters. The Hall–Kier alpha value is -1.08. The van der Waals surface area contributed by atoms with Crippen LogP contribution in [0.5, 0.6) is 0 Å². The molecule has 58 valence electrons. The molecule has 0 aromatic carbocycles. The van der Waals surface area contributed by atoms with Crippen LogP contribution in [0.4, 0.5) is 0 Å². The molecule has 4 heteroatoms. The molecule has 0 N–H and O–H groups in total. The fourth-order valence-corrected chi connectivity index (χ4v) is 0.387. The first-order valence-corrected chi connectivity index (χ1v) is 2.68. The summed E-state index contributed by atoms with van der Waals surface area (Å²) >= 11 is 0. The van der Waals surface area contributed by atoms with E-state index in [2.05, 4.69) is 6.57 Å². The molecule has 0 radical (unpaired) electrons. The smallest absolute Gasteiger partial charge is 0.118 e. The van der Waals surface area contributed by atoms with Crippen molar-refractivity contribution in [1.82, 2.24) is 0 Å². The number of carboxylic acid groups (broad SMARTS) is 1. The van der Waals surface area contributed by atoms with Crippen LogP contribution in [0, 0.1) is 11.8 Å². The molecule has 0 aliphatic heterocycles. The number of quaternary nitrogens is 1. The second-order valence-electron chi connectivity index (χ2n) is 2.82. The van der Waals surface area contributed by atoms with Gasteiger partial charge in [-0.3, -0.25) is 0 Å². The quantitative estimate of drug-likeness (QED) is 0.447. The number of rotatable bonds is 2. The minimum absolute atomic E-state index is 0.0694. The fraction of sp³-hybridized carbons (Fsp3) is 0.667. The zero-order valence-corrected chi connectivity index (χ0v) is 6.50. The Kier molecular flexibility index (Phi) is 5.57. The Balaban J connectivity index is 0. The maximum absolute atomic E-state index is 9.89. The van der Waals surface area contributed by atoms with Crippen molar-refractivity contribution in [3.8, 4) is 6.57 Å². The molecular formula is C6H12N2O2. The molecule has 0 saturated heterocycles. The number of nitrogens with zero attached hydrogens (tertiary/aromatic N) is 2. The summed E-state index contributed by atoms with van der Waals surface area (Å²) in [5.41, 5.74) is 0. The largest absolute Gasteiger partial charge is 0.544 e. The molecule has 0 bridgehead atoms. The lowest BCUT2D eigenvalue weighted by atomic mass is 10.5. The molecule has 0 amide bonds. The summed E-state index contributed by atoms with van der Waals surface area (Å²) in [7, 11) is 5.40. The highest BCUT2D eigenvalue weighted by Crippen LogP contribution is 1.84. The predicted octanol–water partition coefficient (Wildman–Crippen LogP) is -1.42. The second-order valence-corrected chi connectivity index (χ2v) is 2.82. The van der Waals surface area contributed by atoms with Gasteiger partial charge < -0.3 is 14.4 Å². The van der Waals surface area contributed by atoms with Gasteiger partial charge in [0, 0.05) is 6.57 Å². The van der Waals surface area contributed by atoms with Gasteiger partial charge >= 0.3 is 0 Å². The Labute approximate surface area is 60.9 Å². The van der Waals surface area contributed by atoms with Crippen LogP contribution in [0.25, 0.3) is 0 Å². The zero-order valence-electron chi connectivity index (χ0n) is 6.50. The lowest BCUT2D eigenvalue weighted by Gasteiger charge is -2.23. The normalized spacial score (nSPS) is 9.30. The van der Waals surface area contributed by atoms with Crippen molar-refractivity contribution in [2.24, 2.45) is 0 Å². The minimum atomic E-state index is -1.00. The summed E-state index contributed by atoms with van der Waals surface area (Å²) in [6, 6.07) is 0. The molecule has 0 aliphatic carbocycles. The molecule has 10 heavy (non-hydrogen) atoms. The number of likely N-dealkylation sites (N-methyl/N-ethyl adjacent to an activating group) is 1. The Bertz CT molecular complexity index is 123. The van der Waals surface area contributed by atoms with Gasteiger partial charge in [0.1, 0.15) is 6.54 Å². The third-order valence-electron chi connectivity index (χ3n) is 0.603. The molecule has 0 aromatic rings. The Morgan fingerprint density at radius 2 is 1.80 bits per heavy atom. The van der Waals surface area contributed by atoms with E-state index in [0.717, 1.165) is 0 Å². The van der Waals surface area contributed by atoms with Gasteiger partial charge in [-0.25, -0.2) is 5.26 Å². The highest BCUT2D eigenvalue weighted by Gasteiger charge is 2.04. The van der Waals surface area contributed by atoms with Crippen LogP contribution >= 0.6 is 0 Å². The van der Waals surface area contributed by atoms with Crippen molar-refractivity contribution >= 4 is 5.97 Å². The number of hydrogen-bond donors (Lipinski definition) is 0. The molecule has 0 heterocycles. The topological polar surface area (TPSA) is 63.9 Å². The number of aliphatic carboxylic acids is 1. The van der Waals surface area contributed by atoms with Gasteiger partial charge in [0.15, 0.2) is 0 Å². The molecule has 0 rings (SSSR count). The van der Waals surface area contributed by atoms with Crippen LogP contribution in [0.15, 0.2) is 0 Å². The van der Waals surface area contributed by atoms with E-state index in [9.17, 15) is 9.90 Å². The molecule has 0 aliphatic rings. The van der Waals surface area contributed by atoms with Crippen LogP contribution in [0.1, 0.15) is 0 Å². The lowest BCUT2D eigenvalue weighted by molar-refractivity contribution is -0.864. The Morgan fingerprint density at radius 3 is 1.80 bits per heavy atom. The molecule has 4 nitrogen and oxygen atoms in total. The summed E-state index contributed by atoms with van der Waals surface area (Å²) < 4.78 is 0.419. The van der Waals surface area contributed by atoms with Gasteiger partial charge in [0.05, 0.1) is 27.1 Å². The summed E-state index contributed by atoms with van der Waals surface area (Å²) in [5.74, 6) is -1.00. The first-order chi connectivity index (χ1) is 4.42. The average Bonchev–Trinajstić information content (AvgIpc) is 1.64. The van der Waals surface area contributed by atoms with Gasteiger partial charge in [-0.15, -0.1) is 0 Å². The maximum atomic E-state index is 9.89. The fourth-order valence-electron chi connectivity index (χ4n) is 0.387. The maximum Gasteiger partial charge on any atom is 0.118 e. The first-order valence-electron chi connectivity index (χ1n) is 2.68. The van der Waals surface area contributed by atoms with Gasteiger partial charge in [0.25, 0.3) is 0 Å². The number of carboxylic acids is 1. The van der Waals surface area contributed by atoms with Crippen molar-refractivity contribution in [3.05, 3.63) is 0 Å². The summed E-state index contributed by atoms with van der Waals surface area (Å²) in [6.45, 7) is 3.57. The zero-order chi connectivity index (χ0) is 8.78. The van der Waals surface area contributed by atoms with E-state index in [1.54, 1.807) is 21.1 Å². The summed E-state index contributed by atoms with van der Waals surface area (Å²) in [4.78, 5) is 9.89. The third-order valence-corrected chi connectivity index (χ3v) is 0.603. The number of carbonyl (C=O) groups excluding carboxylic acids is 1. The van der Waals surface area contributed by atoms with Crippen LogP contribution < -0.4 is 5.11 Å². The monoisotopic (exact) mass is 144 g/mol. The van der Waals surface area contributed by atoms with Crippen LogP contribution in [-0.4, -0.2) is 38.1 Å². The number of carbonyl (C=O) groups is 1. The molecular weight excluding hydrogens is 132 g/mol. The standard InChI is InChI=1S/C5H11NO2.CHN/c1-6(2,3)4-5(7)8;1-2/h4H2,1-3H3;1H. The highest BCUT2D eigenvalue weighted by atomic mass is 16.4. The van der Waals surface area contributed by atoms with Crippen molar-refractivity contribution in [2.45, 2.75) is 0 Å². The average molecular weight is 144 g/mol.